The Labute approximate surface area is 85.9 Å². The average molecular weight is 206 g/mol. The molecule has 1 aliphatic rings. The molecule has 1 aliphatic heterocycles. The maximum atomic E-state index is 10.9. The van der Waals surface area contributed by atoms with E-state index in [2.05, 4.69) is 15.8 Å². The fourth-order valence-electron chi connectivity index (χ4n) is 1.34. The van der Waals surface area contributed by atoms with E-state index in [4.69, 9.17) is 5.21 Å². The summed E-state index contributed by atoms with van der Waals surface area (Å²) >= 11 is 0. The number of nitrogens with zero attached hydrogens (tertiary/aromatic N) is 1. The third kappa shape index (κ3) is 1.95. The third-order valence-electron chi connectivity index (χ3n) is 2.03. The van der Waals surface area contributed by atoms with Gasteiger partial charge in [0.1, 0.15) is 11.9 Å². The van der Waals surface area contributed by atoms with Gasteiger partial charge in [-0.2, -0.15) is 10.6 Å². The molecule has 0 unspecified atom stereocenters. The first-order chi connectivity index (χ1) is 7.31. The topological polar surface area (TPSA) is 85.8 Å². The van der Waals surface area contributed by atoms with Gasteiger partial charge in [0.15, 0.2) is 0 Å². The highest BCUT2D eigenvalue weighted by molar-refractivity contribution is 6.07. The molecule has 0 aromatic heterocycles. The zero-order chi connectivity index (χ0) is 10.7. The minimum Gasteiger partial charge on any atom is -0.314 e. The van der Waals surface area contributed by atoms with Crippen molar-refractivity contribution in [3.8, 4) is 0 Å². The molecule has 2 amide bonds. The number of carbonyl (C=O) groups is 1. The summed E-state index contributed by atoms with van der Waals surface area (Å²) in [5, 5.41) is 15.2. The summed E-state index contributed by atoms with van der Waals surface area (Å²) < 4.78 is 0. The first kappa shape index (κ1) is 9.63. The number of nitrogens with one attached hydrogen (secondary N) is 3. The third-order valence-corrected chi connectivity index (χ3v) is 2.03. The van der Waals surface area contributed by atoms with Gasteiger partial charge in [0.05, 0.1) is 0 Å². The van der Waals surface area contributed by atoms with Crippen molar-refractivity contribution >= 4 is 11.7 Å². The van der Waals surface area contributed by atoms with E-state index in [1.165, 1.54) is 0 Å². The monoisotopic (exact) mass is 206 g/mol. The summed E-state index contributed by atoms with van der Waals surface area (Å²) in [5.74, 6) is 0. The molecule has 0 aliphatic carbocycles. The van der Waals surface area contributed by atoms with Crippen molar-refractivity contribution in [1.29, 1.82) is 0 Å². The molecule has 1 atom stereocenters. The number of hydrogen-bond acceptors (Lipinski definition) is 4. The van der Waals surface area contributed by atoms with E-state index in [1.807, 2.05) is 35.8 Å². The van der Waals surface area contributed by atoms with Crippen LogP contribution in [-0.2, 0) is 0 Å². The van der Waals surface area contributed by atoms with E-state index < -0.39 is 12.2 Å². The molecule has 0 fully saturated rings. The van der Waals surface area contributed by atoms with E-state index in [0.717, 1.165) is 5.56 Å². The number of benzene rings is 1. The van der Waals surface area contributed by atoms with Crippen LogP contribution in [0.3, 0.4) is 0 Å². The Morgan fingerprint density at radius 2 is 2.07 bits per heavy atom. The highest BCUT2D eigenvalue weighted by atomic mass is 16.5. The van der Waals surface area contributed by atoms with Gasteiger partial charge in [-0.3, -0.25) is 0 Å². The van der Waals surface area contributed by atoms with Gasteiger partial charge in [0, 0.05) is 5.56 Å². The number of hydroxylamine groups is 1. The summed E-state index contributed by atoms with van der Waals surface area (Å²) in [5.41, 5.74) is 5.60. The van der Waals surface area contributed by atoms with E-state index in [-0.39, 0.29) is 0 Å². The Hall–Kier alpha value is -1.92. The van der Waals surface area contributed by atoms with E-state index in [1.54, 1.807) is 0 Å². The molecule has 2 rings (SSSR count). The minimum atomic E-state index is -0.693. The van der Waals surface area contributed by atoms with Crippen molar-refractivity contribution in [2.75, 3.05) is 0 Å². The molecule has 1 heterocycles. The average Bonchev–Trinajstić information content (AvgIpc) is 2.30. The van der Waals surface area contributed by atoms with Crippen molar-refractivity contribution in [3.63, 3.8) is 0 Å². The second kappa shape index (κ2) is 4.07. The van der Waals surface area contributed by atoms with Gasteiger partial charge in [0.2, 0.25) is 0 Å². The van der Waals surface area contributed by atoms with Crippen molar-refractivity contribution < 1.29 is 10.0 Å². The number of amides is 2. The number of urea groups is 1. The standard InChI is InChI=1S/C9H10N4O2/c14-9-10-8(13-15)7(11-12-9)6-4-2-1-3-5-6/h1-5,8,13,15H,(H2,10,12,14)/t8-/m0/s1. The van der Waals surface area contributed by atoms with Gasteiger partial charge >= 0.3 is 6.03 Å². The Kier molecular flexibility index (Phi) is 2.61. The van der Waals surface area contributed by atoms with Gasteiger partial charge in [-0.25, -0.2) is 10.2 Å². The van der Waals surface area contributed by atoms with Gasteiger partial charge in [-0.1, -0.05) is 30.3 Å². The Bertz CT molecular complexity index is 390. The molecule has 0 bridgehead atoms. The van der Waals surface area contributed by atoms with Crippen LogP contribution in [0.5, 0.6) is 0 Å². The molecule has 15 heavy (non-hydrogen) atoms. The molecule has 78 valence electrons. The van der Waals surface area contributed by atoms with Gasteiger partial charge in [-0.15, -0.1) is 0 Å². The molecule has 0 spiro atoms. The first-order valence-corrected chi connectivity index (χ1v) is 4.40. The van der Waals surface area contributed by atoms with Crippen molar-refractivity contribution in [1.82, 2.24) is 16.2 Å². The molecule has 4 N–H and O–H groups in total. The molecule has 6 nitrogen and oxygen atoms in total. The van der Waals surface area contributed by atoms with Crippen LogP contribution in [0.2, 0.25) is 0 Å². The van der Waals surface area contributed by atoms with E-state index in [9.17, 15) is 4.79 Å². The lowest BCUT2D eigenvalue weighted by Gasteiger charge is -2.22. The number of carbonyl (C=O) groups excluding carboxylic acids is 1. The van der Waals surface area contributed by atoms with Gasteiger partial charge in [0.25, 0.3) is 0 Å². The second-order valence-corrected chi connectivity index (χ2v) is 3.01. The Morgan fingerprint density at radius 3 is 2.73 bits per heavy atom. The lowest BCUT2D eigenvalue weighted by molar-refractivity contribution is 0.136. The molecular formula is C9H10N4O2. The lowest BCUT2D eigenvalue weighted by atomic mass is 10.1. The fourth-order valence-corrected chi connectivity index (χ4v) is 1.34. The van der Waals surface area contributed by atoms with Crippen LogP contribution in [0, 0.1) is 0 Å². The summed E-state index contributed by atoms with van der Waals surface area (Å²) in [7, 11) is 0. The number of hydrogen-bond donors (Lipinski definition) is 4. The molecule has 0 saturated carbocycles. The molecule has 6 heteroatoms. The fraction of sp³-hybridized carbons (Fsp3) is 0.111. The quantitative estimate of drug-likeness (QED) is 0.514. The SMILES string of the molecule is O=C1NN=C(c2ccccc2)[C@H](NO)N1. The van der Waals surface area contributed by atoms with Crippen LogP contribution in [0.15, 0.2) is 35.4 Å². The predicted octanol–water partition coefficient (Wildman–Crippen LogP) is 0.00840. The maximum Gasteiger partial charge on any atom is 0.336 e. The molecular weight excluding hydrogens is 196 g/mol. The first-order valence-electron chi connectivity index (χ1n) is 4.40. The molecule has 0 radical (unpaired) electrons. The maximum absolute atomic E-state index is 10.9. The second-order valence-electron chi connectivity index (χ2n) is 3.01. The smallest absolute Gasteiger partial charge is 0.314 e. The van der Waals surface area contributed by atoms with Gasteiger partial charge < -0.3 is 10.5 Å². The lowest BCUT2D eigenvalue weighted by Crippen LogP contribution is -2.56. The van der Waals surface area contributed by atoms with Crippen LogP contribution in [-0.4, -0.2) is 23.1 Å². The predicted molar refractivity (Wildman–Crippen MR) is 53.4 cm³/mol. The van der Waals surface area contributed by atoms with E-state index >= 15 is 0 Å². The number of hydrazone groups is 1. The van der Waals surface area contributed by atoms with Crippen LogP contribution in [0.25, 0.3) is 0 Å². The summed E-state index contributed by atoms with van der Waals surface area (Å²) in [4.78, 5) is 10.9. The van der Waals surface area contributed by atoms with Crippen LogP contribution in [0.1, 0.15) is 5.56 Å². The summed E-state index contributed by atoms with van der Waals surface area (Å²) in [6, 6.07) is 8.79. The van der Waals surface area contributed by atoms with Crippen molar-refractivity contribution in [2.24, 2.45) is 5.10 Å². The summed E-state index contributed by atoms with van der Waals surface area (Å²) in [6.07, 6.45) is -0.693. The molecule has 0 saturated heterocycles. The number of rotatable bonds is 2. The zero-order valence-corrected chi connectivity index (χ0v) is 7.77. The van der Waals surface area contributed by atoms with Crippen molar-refractivity contribution in [3.05, 3.63) is 35.9 Å². The minimum absolute atomic E-state index is 0.457. The zero-order valence-electron chi connectivity index (χ0n) is 7.77. The largest absolute Gasteiger partial charge is 0.336 e. The van der Waals surface area contributed by atoms with Gasteiger partial charge in [-0.05, 0) is 0 Å². The molecule has 1 aromatic carbocycles. The normalized spacial score (nSPS) is 20.2. The highest BCUT2D eigenvalue weighted by Crippen LogP contribution is 2.05. The Balaban J connectivity index is 2.31. The Morgan fingerprint density at radius 1 is 1.33 bits per heavy atom. The van der Waals surface area contributed by atoms with Crippen LogP contribution < -0.4 is 16.2 Å². The highest BCUT2D eigenvalue weighted by Gasteiger charge is 2.23. The van der Waals surface area contributed by atoms with Crippen LogP contribution in [0.4, 0.5) is 4.79 Å². The summed E-state index contributed by atoms with van der Waals surface area (Å²) in [6.45, 7) is 0. The van der Waals surface area contributed by atoms with E-state index in [0.29, 0.717) is 5.71 Å². The van der Waals surface area contributed by atoms with Crippen LogP contribution >= 0.6 is 0 Å². The van der Waals surface area contributed by atoms with Crippen molar-refractivity contribution in [2.45, 2.75) is 6.17 Å². The molecule has 1 aromatic rings.